The molecule has 3 unspecified atom stereocenters. The molecular weight excluding hydrogens is 1080 g/mol. The molecule has 0 aliphatic carbocycles. The Balaban J connectivity index is -0.000000367. The molecule has 0 rings (SSSR count). The Hall–Kier alpha value is 0.554. The van der Waals surface area contributed by atoms with Crippen molar-refractivity contribution in [1.29, 1.82) is 0 Å². The molecule has 5 heteroatoms. The molecule has 3 atom stereocenters. The zero-order chi connectivity index (χ0) is 63.1. The monoisotopic (exact) mass is 1260 g/mol. The van der Waals surface area contributed by atoms with E-state index in [9.17, 15) is 15.3 Å². The molecule has 0 spiro atoms. The first-order valence-corrected chi connectivity index (χ1v) is 40.4. The van der Waals surface area contributed by atoms with Crippen molar-refractivity contribution >= 4 is 0 Å². The molecule has 0 amide bonds. The van der Waals surface area contributed by atoms with Gasteiger partial charge in [0.2, 0.25) is 0 Å². The van der Waals surface area contributed by atoms with Crippen molar-refractivity contribution in [2.24, 2.45) is 0 Å². The third-order valence-corrected chi connectivity index (χ3v) is 18.1. The van der Waals surface area contributed by atoms with E-state index in [2.05, 4.69) is 41.5 Å². The molecule has 4 nitrogen and oxygen atoms in total. The average Bonchev–Trinajstić information content (AvgIpc) is 3.49. The van der Waals surface area contributed by atoms with Crippen molar-refractivity contribution < 1.29 is 42.1 Å². The Morgan fingerprint density at radius 1 is 0.151 bits per heavy atom. The fourth-order valence-corrected chi connectivity index (χ4v) is 12.2. The summed E-state index contributed by atoms with van der Waals surface area (Å²) in [5, 5.41) is 38.4. The normalized spacial score (nSPS) is 12.2. The van der Waals surface area contributed by atoms with Crippen molar-refractivity contribution in [3.8, 4) is 0 Å². The topological polar surface area (TPSA) is 80.9 Å². The van der Waals surface area contributed by atoms with Crippen molar-refractivity contribution in [3.05, 3.63) is 0 Å². The first-order chi connectivity index (χ1) is 41.7. The summed E-state index contributed by atoms with van der Waals surface area (Å²) in [6.45, 7) is 17.2. The minimum atomic E-state index is -0.167. The van der Waals surface area contributed by atoms with Crippen LogP contribution in [0.4, 0.5) is 0 Å². The van der Waals surface area contributed by atoms with Crippen molar-refractivity contribution in [2.75, 3.05) is 0 Å². The molecule has 0 radical (unpaired) electrons. The third-order valence-electron chi connectivity index (χ3n) is 18.1. The summed E-state index contributed by atoms with van der Waals surface area (Å²) in [5.74, 6) is 0. The van der Waals surface area contributed by atoms with Crippen LogP contribution < -0.4 is 0 Å². The smallest absolute Gasteiger partial charge is 0.0540 e. The van der Waals surface area contributed by atoms with Crippen molar-refractivity contribution in [1.82, 2.24) is 0 Å². The molecular formula is C81H170O4Ti. The Kier molecular flexibility index (Phi) is 102. The Morgan fingerprint density at radius 3 is 0.302 bits per heavy atom. The number of aliphatic hydroxyl groups excluding tert-OH is 4. The van der Waals surface area contributed by atoms with Crippen LogP contribution in [-0.4, -0.2) is 44.8 Å². The van der Waals surface area contributed by atoms with E-state index < -0.39 is 0 Å². The van der Waals surface area contributed by atoms with Gasteiger partial charge in [-0.2, -0.15) is 0 Å². The Labute approximate surface area is 561 Å². The molecule has 0 aliphatic heterocycles. The number of unbranched alkanes of at least 4 members (excludes halogenated alkanes) is 57. The second kappa shape index (κ2) is 92.0. The molecule has 0 saturated carbocycles. The predicted molar refractivity (Wildman–Crippen MR) is 388 cm³/mol. The largest absolute Gasteiger partial charge is 0.394 e. The van der Waals surface area contributed by atoms with Gasteiger partial charge in [0.05, 0.1) is 18.3 Å². The fraction of sp³-hybridized carbons (Fsp3) is 1.00. The average molecular weight is 1260 g/mol. The van der Waals surface area contributed by atoms with Gasteiger partial charge in [-0.25, -0.2) is 0 Å². The second-order valence-electron chi connectivity index (χ2n) is 27.9. The van der Waals surface area contributed by atoms with Crippen LogP contribution in [0.15, 0.2) is 0 Å². The molecule has 4 N–H and O–H groups in total. The van der Waals surface area contributed by atoms with Gasteiger partial charge < -0.3 is 20.4 Å². The van der Waals surface area contributed by atoms with Gasteiger partial charge in [-0.1, -0.05) is 446 Å². The summed E-state index contributed by atoms with van der Waals surface area (Å²) in [7, 11) is 0. The Bertz CT molecular complexity index is 930. The summed E-state index contributed by atoms with van der Waals surface area (Å²) in [6, 6.07) is 0. The van der Waals surface area contributed by atoms with Gasteiger partial charge in [0.15, 0.2) is 0 Å². The van der Waals surface area contributed by atoms with Crippen LogP contribution >= 0.6 is 0 Å². The maximum absolute atomic E-state index is 10.1. The molecule has 0 saturated heterocycles. The Morgan fingerprint density at radius 2 is 0.221 bits per heavy atom. The van der Waals surface area contributed by atoms with Crippen LogP contribution in [0.2, 0.25) is 0 Å². The molecule has 0 aromatic heterocycles. The number of hydrogen-bond acceptors (Lipinski definition) is 4. The summed E-state index contributed by atoms with van der Waals surface area (Å²) >= 11 is 0. The van der Waals surface area contributed by atoms with Gasteiger partial charge in [-0.05, 0) is 52.4 Å². The van der Waals surface area contributed by atoms with Crippen LogP contribution in [-0.2, 0) is 21.7 Å². The van der Waals surface area contributed by atoms with Gasteiger partial charge in [0, 0.05) is 27.8 Å². The fourth-order valence-electron chi connectivity index (χ4n) is 12.2. The van der Waals surface area contributed by atoms with E-state index in [1.807, 2.05) is 0 Å². The van der Waals surface area contributed by atoms with Crippen molar-refractivity contribution in [3.63, 3.8) is 0 Å². The maximum atomic E-state index is 10.1. The third kappa shape index (κ3) is 103. The van der Waals surface area contributed by atoms with Crippen LogP contribution in [0.25, 0.3) is 0 Å². The standard InChI is InChI=1S/3C26H54O.C3H8O.Ti/c3*1-3-5-7-9-11-13-15-17-19-21-23-25-26(27)24-22-20-18-16-14-12-10-8-6-4-2;1-3(2)4;/h3*26-27H,3-25H2,1-2H3;3-4H,1-2H3;. The van der Waals surface area contributed by atoms with E-state index in [1.165, 1.54) is 405 Å². The van der Waals surface area contributed by atoms with Gasteiger partial charge in [-0.15, -0.1) is 0 Å². The molecule has 0 bridgehead atoms. The summed E-state index contributed by atoms with van der Waals surface area (Å²) in [6.07, 6.45) is 93.3. The van der Waals surface area contributed by atoms with Gasteiger partial charge in [0.25, 0.3) is 0 Å². The SMILES string of the molecule is CC(C)O.CCCCCCCCCCCCCC(O)CCCCCCCCCCCC.CCCCCCCCCCCCCC(O)CCCCCCCCCCCC.CCCCCCCCCCCCCC(O)CCCCCCCCCCCC.[Ti]. The van der Waals surface area contributed by atoms with E-state index in [0.29, 0.717) is 0 Å². The summed E-state index contributed by atoms with van der Waals surface area (Å²) in [4.78, 5) is 0. The molecule has 0 aromatic carbocycles. The van der Waals surface area contributed by atoms with Crippen LogP contribution in [0.3, 0.4) is 0 Å². The van der Waals surface area contributed by atoms with E-state index in [4.69, 9.17) is 5.11 Å². The maximum Gasteiger partial charge on any atom is 0.0540 e. The number of rotatable bonds is 69. The van der Waals surface area contributed by atoms with Crippen molar-refractivity contribution in [2.45, 2.75) is 523 Å². The number of aliphatic hydroxyl groups is 4. The zero-order valence-corrected chi connectivity index (χ0v) is 63.0. The summed E-state index contributed by atoms with van der Waals surface area (Å²) < 4.78 is 0. The van der Waals surface area contributed by atoms with E-state index >= 15 is 0 Å². The molecule has 86 heavy (non-hydrogen) atoms. The van der Waals surface area contributed by atoms with Gasteiger partial charge in [0.1, 0.15) is 0 Å². The first kappa shape index (κ1) is 95.3. The van der Waals surface area contributed by atoms with Gasteiger partial charge in [-0.3, -0.25) is 0 Å². The molecule has 0 aromatic rings. The summed E-state index contributed by atoms with van der Waals surface area (Å²) in [5.41, 5.74) is 0. The molecule has 0 aliphatic rings. The van der Waals surface area contributed by atoms with E-state index in [-0.39, 0.29) is 46.1 Å². The predicted octanol–water partition coefficient (Wildman–Crippen LogP) is 28.5. The quantitative estimate of drug-likeness (QED) is 0.0361. The molecule has 522 valence electrons. The zero-order valence-electron chi connectivity index (χ0n) is 61.4. The first-order valence-electron chi connectivity index (χ1n) is 40.4. The van der Waals surface area contributed by atoms with Crippen LogP contribution in [0.1, 0.15) is 498 Å². The van der Waals surface area contributed by atoms with Crippen LogP contribution in [0.5, 0.6) is 0 Å². The minimum Gasteiger partial charge on any atom is -0.394 e. The molecule has 0 fully saturated rings. The number of hydrogen-bond donors (Lipinski definition) is 4. The van der Waals surface area contributed by atoms with Gasteiger partial charge >= 0.3 is 0 Å². The molecule has 0 heterocycles. The minimum absolute atomic E-state index is 0. The van der Waals surface area contributed by atoms with Crippen LogP contribution in [0, 0.1) is 0 Å². The van der Waals surface area contributed by atoms with E-state index in [1.54, 1.807) is 13.8 Å². The second-order valence-corrected chi connectivity index (χ2v) is 27.9. The van der Waals surface area contributed by atoms with E-state index in [0.717, 1.165) is 38.5 Å².